The Labute approximate surface area is 258 Å². The number of ether oxygens (including phenoxy) is 2. The number of nitrogens with one attached hydrogen (secondary N) is 1. The van der Waals surface area contributed by atoms with Gasteiger partial charge in [0, 0.05) is 30.7 Å². The third-order valence-corrected chi connectivity index (χ3v) is 9.24. The van der Waals surface area contributed by atoms with Crippen LogP contribution in [-0.2, 0) is 26.3 Å². The number of carboxylic acid groups (broad SMARTS) is 1. The Morgan fingerprint density at radius 2 is 1.77 bits per heavy atom. The van der Waals surface area contributed by atoms with Crippen LogP contribution in [0, 0.1) is 11.3 Å². The molecule has 2 aromatic carbocycles. The van der Waals surface area contributed by atoms with Crippen LogP contribution >= 0.6 is 0 Å². The molecule has 43 heavy (non-hydrogen) atoms. The Balaban J connectivity index is 1.89. The minimum Gasteiger partial charge on any atom is -0.496 e. The zero-order valence-corrected chi connectivity index (χ0v) is 27.6. The number of hydrogen-bond acceptors (Lipinski definition) is 5. The van der Waals surface area contributed by atoms with Crippen molar-refractivity contribution in [3.05, 3.63) is 64.7 Å². The molecule has 5 atom stereocenters. The van der Waals surface area contributed by atoms with Crippen molar-refractivity contribution >= 4 is 11.9 Å². The SMILES string of the molecule is COc1ccc(C(C)(C)C)cc1CN[C@H]1[C@H](C(C)(C)C)[C@@H](C(=O)O)N(C(=O)[C@H]2CCCCO2)[C@H]1c1ccccc1C(C)C. The molecule has 2 aliphatic rings. The molecular weight excluding hydrogens is 540 g/mol. The summed E-state index contributed by atoms with van der Waals surface area (Å²) in [5, 5.41) is 14.7. The van der Waals surface area contributed by atoms with Gasteiger partial charge < -0.3 is 24.8 Å². The molecule has 1 amide bonds. The standard InChI is InChI=1S/C36H52N2O5/c1-22(2)25-14-10-11-15-26(25)31-30(37-21-23-20-24(35(3,4)5)17-18-27(23)42-9)29(36(6,7)8)32(34(40)41)38(31)33(39)28-16-12-13-19-43-28/h10-11,14-15,17-18,20,22,28-32,37H,12-13,16,19,21H2,1-9H3,(H,40,41)/t28-,29+,30+,31+,32+/m1/s1. The molecule has 7 heteroatoms. The number of methoxy groups -OCH3 is 1. The van der Waals surface area contributed by atoms with Gasteiger partial charge in [-0.25, -0.2) is 4.79 Å². The molecule has 0 bridgehead atoms. The number of rotatable bonds is 8. The van der Waals surface area contributed by atoms with Gasteiger partial charge in [-0.15, -0.1) is 0 Å². The van der Waals surface area contributed by atoms with Crippen LogP contribution in [0.25, 0.3) is 0 Å². The number of amides is 1. The summed E-state index contributed by atoms with van der Waals surface area (Å²) in [7, 11) is 1.68. The van der Waals surface area contributed by atoms with Crippen LogP contribution in [-0.4, -0.2) is 53.8 Å². The van der Waals surface area contributed by atoms with Gasteiger partial charge in [-0.2, -0.15) is 0 Å². The summed E-state index contributed by atoms with van der Waals surface area (Å²) in [5.74, 6) is -0.600. The Hall–Kier alpha value is -2.90. The highest BCUT2D eigenvalue weighted by atomic mass is 16.5. The average Bonchev–Trinajstić information content (AvgIpc) is 3.31. The molecule has 2 aromatic rings. The van der Waals surface area contributed by atoms with E-state index in [1.54, 1.807) is 12.0 Å². The molecule has 2 aliphatic heterocycles. The van der Waals surface area contributed by atoms with E-state index in [0.717, 1.165) is 35.3 Å². The van der Waals surface area contributed by atoms with Crippen molar-refractivity contribution in [1.82, 2.24) is 10.2 Å². The number of aliphatic carboxylic acids is 1. The topological polar surface area (TPSA) is 88.1 Å². The van der Waals surface area contributed by atoms with E-state index in [1.165, 1.54) is 5.56 Å². The van der Waals surface area contributed by atoms with Gasteiger partial charge in [0.2, 0.25) is 0 Å². The van der Waals surface area contributed by atoms with Crippen LogP contribution in [0.15, 0.2) is 42.5 Å². The van der Waals surface area contributed by atoms with Crippen LogP contribution in [0.2, 0.25) is 0 Å². The maximum Gasteiger partial charge on any atom is 0.326 e. The molecule has 0 spiro atoms. The van der Waals surface area contributed by atoms with E-state index in [-0.39, 0.29) is 29.2 Å². The molecule has 0 aliphatic carbocycles. The van der Waals surface area contributed by atoms with Gasteiger partial charge in [-0.05, 0) is 58.8 Å². The van der Waals surface area contributed by atoms with Crippen molar-refractivity contribution in [2.45, 2.75) is 117 Å². The Kier molecular flexibility index (Phi) is 9.97. The molecule has 0 unspecified atom stereocenters. The smallest absolute Gasteiger partial charge is 0.326 e. The molecule has 4 rings (SSSR count). The lowest BCUT2D eigenvalue weighted by molar-refractivity contribution is -0.159. The summed E-state index contributed by atoms with van der Waals surface area (Å²) in [6, 6.07) is 12.6. The quantitative estimate of drug-likeness (QED) is 0.349. The maximum absolute atomic E-state index is 14.4. The second-order valence-corrected chi connectivity index (χ2v) is 14.7. The second-order valence-electron chi connectivity index (χ2n) is 14.7. The van der Waals surface area contributed by atoms with Crippen molar-refractivity contribution in [2.75, 3.05) is 13.7 Å². The average molecular weight is 593 g/mol. The normalized spacial score (nSPS) is 24.8. The fourth-order valence-corrected chi connectivity index (χ4v) is 7.07. The first-order valence-corrected chi connectivity index (χ1v) is 15.8. The largest absolute Gasteiger partial charge is 0.496 e. The van der Waals surface area contributed by atoms with E-state index < -0.39 is 29.6 Å². The summed E-state index contributed by atoms with van der Waals surface area (Å²) in [4.78, 5) is 29.3. The molecule has 0 aromatic heterocycles. The summed E-state index contributed by atoms with van der Waals surface area (Å²) in [6.45, 7) is 18.1. The minimum absolute atomic E-state index is 0.0430. The fourth-order valence-electron chi connectivity index (χ4n) is 7.07. The number of carbonyl (C=O) groups excluding carboxylic acids is 1. The number of likely N-dealkylation sites (tertiary alicyclic amines) is 1. The van der Waals surface area contributed by atoms with Crippen LogP contribution in [0.1, 0.15) is 109 Å². The molecule has 236 valence electrons. The van der Waals surface area contributed by atoms with Crippen molar-refractivity contribution in [2.24, 2.45) is 11.3 Å². The highest BCUT2D eigenvalue weighted by molar-refractivity contribution is 5.88. The number of hydrogen-bond donors (Lipinski definition) is 2. The molecule has 2 N–H and O–H groups in total. The molecule has 0 radical (unpaired) electrons. The first-order valence-electron chi connectivity index (χ1n) is 15.8. The number of benzene rings is 2. The van der Waals surface area contributed by atoms with Crippen LogP contribution in [0.3, 0.4) is 0 Å². The minimum atomic E-state index is -1.01. The predicted octanol–water partition coefficient (Wildman–Crippen LogP) is 6.84. The molecule has 2 saturated heterocycles. The van der Waals surface area contributed by atoms with Crippen molar-refractivity contribution < 1.29 is 24.2 Å². The summed E-state index contributed by atoms with van der Waals surface area (Å²) in [6.07, 6.45) is 1.78. The zero-order chi connectivity index (χ0) is 31.7. The first-order chi connectivity index (χ1) is 20.2. The van der Waals surface area contributed by atoms with Crippen molar-refractivity contribution in [1.29, 1.82) is 0 Å². The van der Waals surface area contributed by atoms with E-state index in [9.17, 15) is 14.7 Å². The lowest BCUT2D eigenvalue weighted by Gasteiger charge is -2.36. The van der Waals surface area contributed by atoms with Gasteiger partial charge in [-0.3, -0.25) is 4.79 Å². The maximum atomic E-state index is 14.4. The second kappa shape index (κ2) is 13.0. The van der Waals surface area contributed by atoms with Crippen molar-refractivity contribution in [3.8, 4) is 5.75 Å². The van der Waals surface area contributed by atoms with E-state index >= 15 is 0 Å². The van der Waals surface area contributed by atoms with Gasteiger partial charge in [0.25, 0.3) is 5.91 Å². The highest BCUT2D eigenvalue weighted by Gasteiger charge is 2.59. The van der Waals surface area contributed by atoms with Gasteiger partial charge in [0.05, 0.1) is 13.2 Å². The number of nitrogens with zero attached hydrogens (tertiary/aromatic N) is 1. The molecular formula is C36H52N2O5. The predicted molar refractivity (Wildman–Crippen MR) is 170 cm³/mol. The fraction of sp³-hybridized carbons (Fsp3) is 0.611. The Morgan fingerprint density at radius 3 is 2.33 bits per heavy atom. The van der Waals surface area contributed by atoms with E-state index in [1.807, 2.05) is 18.2 Å². The van der Waals surface area contributed by atoms with Crippen LogP contribution in [0.5, 0.6) is 5.75 Å². The van der Waals surface area contributed by atoms with Crippen LogP contribution < -0.4 is 10.1 Å². The van der Waals surface area contributed by atoms with E-state index in [4.69, 9.17) is 9.47 Å². The molecule has 0 saturated carbocycles. The molecule has 2 fully saturated rings. The number of carboxylic acids is 1. The number of carbonyl (C=O) groups is 2. The van der Waals surface area contributed by atoms with E-state index in [0.29, 0.717) is 19.6 Å². The summed E-state index contributed by atoms with van der Waals surface area (Å²) in [5.41, 5.74) is 3.84. The van der Waals surface area contributed by atoms with Gasteiger partial charge in [0.15, 0.2) is 0 Å². The third-order valence-electron chi connectivity index (χ3n) is 9.24. The van der Waals surface area contributed by atoms with Gasteiger partial charge in [-0.1, -0.05) is 91.8 Å². The summed E-state index contributed by atoms with van der Waals surface area (Å²) >= 11 is 0. The summed E-state index contributed by atoms with van der Waals surface area (Å²) < 4.78 is 11.7. The van der Waals surface area contributed by atoms with Crippen molar-refractivity contribution in [3.63, 3.8) is 0 Å². The molecule has 2 heterocycles. The first kappa shape index (κ1) is 33.0. The van der Waals surface area contributed by atoms with Gasteiger partial charge >= 0.3 is 5.97 Å². The lowest BCUT2D eigenvalue weighted by atomic mass is 9.72. The molecule has 7 nitrogen and oxygen atoms in total. The van der Waals surface area contributed by atoms with E-state index in [2.05, 4.69) is 85.0 Å². The Bertz CT molecular complexity index is 1290. The highest BCUT2D eigenvalue weighted by Crippen LogP contribution is 2.50. The third kappa shape index (κ3) is 6.93. The van der Waals surface area contributed by atoms with Crippen LogP contribution in [0.4, 0.5) is 0 Å². The monoisotopic (exact) mass is 592 g/mol. The van der Waals surface area contributed by atoms with Gasteiger partial charge in [0.1, 0.15) is 17.9 Å². The Morgan fingerprint density at radius 1 is 1.07 bits per heavy atom. The zero-order valence-electron chi connectivity index (χ0n) is 27.6. The lowest BCUT2D eigenvalue weighted by Crippen LogP contribution is -2.51.